The molecule has 168 valence electrons. The van der Waals surface area contributed by atoms with E-state index in [4.69, 9.17) is 0 Å². The molecule has 1 amide bonds. The zero-order chi connectivity index (χ0) is 22.8. The topological polar surface area (TPSA) is 94.0 Å². The number of aromatic nitrogens is 3. The van der Waals surface area contributed by atoms with Crippen molar-refractivity contribution in [1.82, 2.24) is 20.1 Å². The van der Waals surface area contributed by atoms with Gasteiger partial charge in [0, 0.05) is 6.54 Å². The molecule has 0 unspecified atom stereocenters. The highest BCUT2D eigenvalue weighted by Gasteiger charge is 2.53. The Bertz CT molecular complexity index is 1200. The van der Waals surface area contributed by atoms with E-state index in [0.717, 1.165) is 29.5 Å². The van der Waals surface area contributed by atoms with Crippen molar-refractivity contribution >= 4 is 15.7 Å². The molecule has 1 fully saturated rings. The Labute approximate surface area is 188 Å². The van der Waals surface area contributed by atoms with Crippen LogP contribution in [-0.4, -0.2) is 33.8 Å². The lowest BCUT2D eigenvalue weighted by Crippen LogP contribution is -2.50. The third-order valence-electron chi connectivity index (χ3n) is 6.26. The van der Waals surface area contributed by atoms with Crippen molar-refractivity contribution in [3.63, 3.8) is 0 Å². The van der Waals surface area contributed by atoms with Crippen LogP contribution in [0.4, 0.5) is 0 Å². The highest BCUT2D eigenvalue weighted by molar-refractivity contribution is 7.93. The molecular weight excluding hydrogens is 424 g/mol. The van der Waals surface area contributed by atoms with Crippen LogP contribution in [0.5, 0.6) is 0 Å². The van der Waals surface area contributed by atoms with Crippen molar-refractivity contribution in [2.24, 2.45) is 0 Å². The minimum atomic E-state index is -3.82. The SMILES string of the molecule is Cc1ccc(C)c(S(=O)(=O)C2(C(=O)NCc3ccc(Cn4cncn4)cc3)CCCC2)c1. The van der Waals surface area contributed by atoms with Gasteiger partial charge in [-0.1, -0.05) is 49.2 Å². The first kappa shape index (κ1) is 22.2. The number of amides is 1. The molecule has 3 aromatic rings. The average molecular weight is 453 g/mol. The maximum absolute atomic E-state index is 13.7. The molecule has 1 aromatic heterocycles. The van der Waals surface area contributed by atoms with Gasteiger partial charge in [0.1, 0.15) is 12.7 Å². The standard InChI is InChI=1S/C24H28N4O3S/c1-18-5-6-19(2)22(13-18)32(30,31)24(11-3-4-12-24)23(29)26-14-20-7-9-21(10-8-20)15-28-17-25-16-27-28/h5-10,13,16-17H,3-4,11-12,14-15H2,1-2H3,(H,26,29). The maximum atomic E-state index is 13.7. The van der Waals surface area contributed by atoms with E-state index in [1.54, 1.807) is 24.0 Å². The van der Waals surface area contributed by atoms with Crippen molar-refractivity contribution < 1.29 is 13.2 Å². The number of hydrogen-bond donors (Lipinski definition) is 1. The van der Waals surface area contributed by atoms with Gasteiger partial charge < -0.3 is 5.32 Å². The summed E-state index contributed by atoms with van der Waals surface area (Å²) in [4.78, 5) is 17.5. The molecule has 1 saturated carbocycles. The number of nitrogens with one attached hydrogen (secondary N) is 1. The lowest BCUT2D eigenvalue weighted by atomic mass is 10.1. The molecule has 0 spiro atoms. The fraction of sp³-hybridized carbons (Fsp3) is 0.375. The Balaban J connectivity index is 1.51. The average Bonchev–Trinajstić information content (AvgIpc) is 3.48. The quantitative estimate of drug-likeness (QED) is 0.593. The molecule has 7 nitrogen and oxygen atoms in total. The van der Waals surface area contributed by atoms with Crippen LogP contribution in [0.15, 0.2) is 60.0 Å². The summed E-state index contributed by atoms with van der Waals surface area (Å²) in [6.07, 6.45) is 5.32. The van der Waals surface area contributed by atoms with Crippen LogP contribution in [0.3, 0.4) is 0 Å². The molecule has 0 radical (unpaired) electrons. The molecule has 2 aromatic carbocycles. The van der Waals surface area contributed by atoms with Crippen LogP contribution in [0.1, 0.15) is 47.9 Å². The zero-order valence-corrected chi connectivity index (χ0v) is 19.2. The highest BCUT2D eigenvalue weighted by Crippen LogP contribution is 2.41. The predicted octanol–water partition coefficient (Wildman–Crippen LogP) is 3.35. The number of rotatable bonds is 7. The zero-order valence-electron chi connectivity index (χ0n) is 18.4. The maximum Gasteiger partial charge on any atom is 0.242 e. The van der Waals surface area contributed by atoms with Gasteiger partial charge >= 0.3 is 0 Å². The van der Waals surface area contributed by atoms with E-state index in [9.17, 15) is 13.2 Å². The van der Waals surface area contributed by atoms with Crippen molar-refractivity contribution in [1.29, 1.82) is 0 Å². The summed E-state index contributed by atoms with van der Waals surface area (Å²) in [5.74, 6) is -0.400. The van der Waals surface area contributed by atoms with Gasteiger partial charge in [0.15, 0.2) is 14.6 Å². The summed E-state index contributed by atoms with van der Waals surface area (Å²) in [7, 11) is -3.82. The molecule has 0 aliphatic heterocycles. The van der Waals surface area contributed by atoms with Crippen molar-refractivity contribution in [3.05, 3.63) is 77.4 Å². The normalized spacial score (nSPS) is 15.6. The van der Waals surface area contributed by atoms with Gasteiger partial charge in [-0.25, -0.2) is 18.1 Å². The van der Waals surface area contributed by atoms with Crippen LogP contribution in [0.2, 0.25) is 0 Å². The van der Waals surface area contributed by atoms with E-state index in [0.29, 0.717) is 24.9 Å². The molecule has 0 saturated heterocycles. The Morgan fingerprint density at radius 1 is 1.06 bits per heavy atom. The second-order valence-electron chi connectivity index (χ2n) is 8.57. The number of carbonyl (C=O) groups is 1. The van der Waals surface area contributed by atoms with E-state index in [1.165, 1.54) is 6.33 Å². The Kier molecular flexibility index (Phi) is 6.15. The van der Waals surface area contributed by atoms with Crippen molar-refractivity contribution in [2.75, 3.05) is 0 Å². The summed E-state index contributed by atoms with van der Waals surface area (Å²) in [5.41, 5.74) is 3.53. The first-order valence-electron chi connectivity index (χ1n) is 10.8. The summed E-state index contributed by atoms with van der Waals surface area (Å²) in [5, 5.41) is 7.01. The molecule has 1 aliphatic rings. The number of nitrogens with zero attached hydrogens (tertiary/aromatic N) is 3. The Morgan fingerprint density at radius 3 is 2.41 bits per heavy atom. The van der Waals surface area contributed by atoms with Crippen molar-refractivity contribution in [3.8, 4) is 0 Å². The molecule has 1 N–H and O–H groups in total. The van der Waals surface area contributed by atoms with Crippen LogP contribution < -0.4 is 5.32 Å². The van der Waals surface area contributed by atoms with Crippen LogP contribution in [-0.2, 0) is 27.7 Å². The lowest BCUT2D eigenvalue weighted by Gasteiger charge is -2.28. The molecule has 32 heavy (non-hydrogen) atoms. The second kappa shape index (κ2) is 8.86. The number of hydrogen-bond acceptors (Lipinski definition) is 5. The van der Waals surface area contributed by atoms with E-state index in [-0.39, 0.29) is 11.4 Å². The summed E-state index contributed by atoms with van der Waals surface area (Å²) in [6.45, 7) is 4.55. The third kappa shape index (κ3) is 4.19. The Hall–Kier alpha value is -3.00. The van der Waals surface area contributed by atoms with Gasteiger partial charge in [-0.3, -0.25) is 4.79 Å². The third-order valence-corrected chi connectivity index (χ3v) is 8.90. The number of aryl methyl sites for hydroxylation is 2. The van der Waals surface area contributed by atoms with Gasteiger partial charge in [0.2, 0.25) is 5.91 Å². The van der Waals surface area contributed by atoms with E-state index in [1.807, 2.05) is 43.3 Å². The largest absolute Gasteiger partial charge is 0.351 e. The van der Waals surface area contributed by atoms with Crippen LogP contribution >= 0.6 is 0 Å². The van der Waals surface area contributed by atoms with E-state index in [2.05, 4.69) is 15.4 Å². The summed E-state index contributed by atoms with van der Waals surface area (Å²) in [6, 6.07) is 13.2. The molecule has 8 heteroatoms. The minimum Gasteiger partial charge on any atom is -0.351 e. The van der Waals surface area contributed by atoms with Crippen LogP contribution in [0.25, 0.3) is 0 Å². The summed E-state index contributed by atoms with van der Waals surface area (Å²) >= 11 is 0. The Morgan fingerprint density at radius 2 is 1.75 bits per heavy atom. The fourth-order valence-corrected chi connectivity index (χ4v) is 6.77. The first-order valence-corrected chi connectivity index (χ1v) is 12.3. The molecule has 1 aliphatic carbocycles. The van der Waals surface area contributed by atoms with E-state index >= 15 is 0 Å². The monoisotopic (exact) mass is 452 g/mol. The highest BCUT2D eigenvalue weighted by atomic mass is 32.2. The summed E-state index contributed by atoms with van der Waals surface area (Å²) < 4.78 is 27.7. The first-order chi connectivity index (χ1) is 15.3. The van der Waals surface area contributed by atoms with Gasteiger partial charge in [-0.05, 0) is 55.0 Å². The van der Waals surface area contributed by atoms with Crippen LogP contribution in [0, 0.1) is 13.8 Å². The minimum absolute atomic E-state index is 0.270. The molecule has 1 heterocycles. The van der Waals surface area contributed by atoms with Gasteiger partial charge in [-0.2, -0.15) is 5.10 Å². The van der Waals surface area contributed by atoms with Gasteiger partial charge in [0.05, 0.1) is 11.4 Å². The number of carbonyl (C=O) groups excluding carboxylic acids is 1. The number of sulfone groups is 1. The van der Waals surface area contributed by atoms with E-state index < -0.39 is 20.5 Å². The molecular formula is C24H28N4O3S. The number of benzene rings is 2. The van der Waals surface area contributed by atoms with Gasteiger partial charge in [0.25, 0.3) is 0 Å². The molecule has 4 rings (SSSR count). The van der Waals surface area contributed by atoms with Gasteiger partial charge in [-0.15, -0.1) is 0 Å². The molecule has 0 bridgehead atoms. The van der Waals surface area contributed by atoms with Crippen molar-refractivity contribution in [2.45, 2.75) is 62.3 Å². The lowest BCUT2D eigenvalue weighted by molar-refractivity contribution is -0.123. The smallest absolute Gasteiger partial charge is 0.242 e. The molecule has 0 atom stereocenters. The second-order valence-corrected chi connectivity index (χ2v) is 10.8. The predicted molar refractivity (Wildman–Crippen MR) is 122 cm³/mol. The fourth-order valence-electron chi connectivity index (χ4n) is 4.38.